The fraction of sp³-hybridized carbons (Fsp3) is 0.0667. The highest BCUT2D eigenvalue weighted by molar-refractivity contribution is 5.85. The van der Waals surface area contributed by atoms with E-state index in [-0.39, 0.29) is 6.04 Å². The van der Waals surface area contributed by atoms with Gasteiger partial charge < -0.3 is 5.73 Å². The minimum atomic E-state index is -0.223. The van der Waals surface area contributed by atoms with Crippen molar-refractivity contribution >= 4 is 10.8 Å². The third-order valence-electron chi connectivity index (χ3n) is 3.06. The van der Waals surface area contributed by atoms with Gasteiger partial charge in [-0.25, -0.2) is 0 Å². The molecule has 1 atom stereocenters. The first-order valence-electron chi connectivity index (χ1n) is 5.85. The molecule has 1 aromatic carbocycles. The van der Waals surface area contributed by atoms with E-state index in [0.717, 1.165) is 22.0 Å². The standard InChI is InChI=1S/C15H13N3/c16-15(14-6-1-2-8-18-14)12-5-3-4-11-7-9-17-10-13(11)12/h1-10,15H,16H2. The van der Waals surface area contributed by atoms with Crippen LogP contribution in [0.3, 0.4) is 0 Å². The Bertz CT molecular complexity index is 659. The highest BCUT2D eigenvalue weighted by Crippen LogP contribution is 2.25. The van der Waals surface area contributed by atoms with Crippen LogP contribution in [0.15, 0.2) is 61.1 Å². The molecule has 18 heavy (non-hydrogen) atoms. The Morgan fingerprint density at radius 3 is 2.72 bits per heavy atom. The van der Waals surface area contributed by atoms with Crippen molar-refractivity contribution in [3.05, 3.63) is 72.3 Å². The van der Waals surface area contributed by atoms with E-state index >= 15 is 0 Å². The van der Waals surface area contributed by atoms with Gasteiger partial charge in [0.25, 0.3) is 0 Å². The number of benzene rings is 1. The molecular formula is C15H13N3. The van der Waals surface area contributed by atoms with E-state index in [2.05, 4.69) is 16.0 Å². The highest BCUT2D eigenvalue weighted by atomic mass is 14.8. The van der Waals surface area contributed by atoms with Crippen molar-refractivity contribution in [1.29, 1.82) is 0 Å². The lowest BCUT2D eigenvalue weighted by molar-refractivity contribution is 0.836. The summed E-state index contributed by atoms with van der Waals surface area (Å²) in [7, 11) is 0. The van der Waals surface area contributed by atoms with Gasteiger partial charge in [0.1, 0.15) is 0 Å². The lowest BCUT2D eigenvalue weighted by Gasteiger charge is -2.13. The molecule has 3 aromatic rings. The summed E-state index contributed by atoms with van der Waals surface area (Å²) in [5.41, 5.74) is 8.22. The number of fused-ring (bicyclic) bond motifs is 1. The molecule has 0 amide bonds. The molecule has 0 aliphatic carbocycles. The Balaban J connectivity index is 2.15. The average molecular weight is 235 g/mol. The van der Waals surface area contributed by atoms with Crippen molar-refractivity contribution in [3.63, 3.8) is 0 Å². The largest absolute Gasteiger partial charge is 0.319 e. The molecule has 2 heterocycles. The maximum atomic E-state index is 6.29. The van der Waals surface area contributed by atoms with Crippen LogP contribution < -0.4 is 5.73 Å². The van der Waals surface area contributed by atoms with Crippen molar-refractivity contribution in [2.75, 3.05) is 0 Å². The predicted molar refractivity (Wildman–Crippen MR) is 72.0 cm³/mol. The molecule has 88 valence electrons. The first kappa shape index (κ1) is 10.9. The molecule has 0 spiro atoms. The Morgan fingerprint density at radius 2 is 1.89 bits per heavy atom. The van der Waals surface area contributed by atoms with E-state index in [4.69, 9.17) is 5.73 Å². The molecule has 3 heteroatoms. The number of nitrogens with zero attached hydrogens (tertiary/aromatic N) is 2. The van der Waals surface area contributed by atoms with E-state index in [1.807, 2.05) is 42.6 Å². The number of nitrogens with two attached hydrogens (primary N) is 1. The van der Waals surface area contributed by atoms with Crippen LogP contribution in [-0.2, 0) is 0 Å². The summed E-state index contributed by atoms with van der Waals surface area (Å²) in [6.07, 6.45) is 5.41. The molecule has 3 rings (SSSR count). The maximum absolute atomic E-state index is 6.29. The van der Waals surface area contributed by atoms with Gasteiger partial charge >= 0.3 is 0 Å². The van der Waals surface area contributed by atoms with Gasteiger partial charge in [0.05, 0.1) is 11.7 Å². The van der Waals surface area contributed by atoms with Crippen LogP contribution >= 0.6 is 0 Å². The lowest BCUT2D eigenvalue weighted by atomic mass is 9.98. The van der Waals surface area contributed by atoms with E-state index in [9.17, 15) is 0 Å². The molecule has 1 unspecified atom stereocenters. The second kappa shape index (κ2) is 4.55. The molecule has 0 radical (unpaired) electrons. The molecule has 3 nitrogen and oxygen atoms in total. The Labute approximate surface area is 105 Å². The fourth-order valence-electron chi connectivity index (χ4n) is 2.13. The van der Waals surface area contributed by atoms with Crippen LogP contribution in [0.25, 0.3) is 10.8 Å². The summed E-state index contributed by atoms with van der Waals surface area (Å²) in [4.78, 5) is 8.49. The van der Waals surface area contributed by atoms with Crippen molar-refractivity contribution in [2.45, 2.75) is 6.04 Å². The fourth-order valence-corrected chi connectivity index (χ4v) is 2.13. The third-order valence-corrected chi connectivity index (χ3v) is 3.06. The first-order chi connectivity index (χ1) is 8.86. The molecule has 0 aliphatic heterocycles. The van der Waals surface area contributed by atoms with Crippen molar-refractivity contribution in [3.8, 4) is 0 Å². The molecular weight excluding hydrogens is 222 g/mol. The topological polar surface area (TPSA) is 51.8 Å². The number of hydrogen-bond donors (Lipinski definition) is 1. The smallest absolute Gasteiger partial charge is 0.0732 e. The molecule has 2 aromatic heterocycles. The number of hydrogen-bond acceptors (Lipinski definition) is 3. The quantitative estimate of drug-likeness (QED) is 0.743. The molecule has 0 saturated carbocycles. The highest BCUT2D eigenvalue weighted by Gasteiger charge is 2.12. The number of aromatic nitrogens is 2. The van der Waals surface area contributed by atoms with E-state index in [0.29, 0.717) is 0 Å². The normalized spacial score (nSPS) is 12.5. The lowest BCUT2D eigenvalue weighted by Crippen LogP contribution is -2.13. The molecule has 0 bridgehead atoms. The van der Waals surface area contributed by atoms with E-state index in [1.165, 1.54) is 0 Å². The van der Waals surface area contributed by atoms with Gasteiger partial charge in [0.2, 0.25) is 0 Å². The zero-order valence-electron chi connectivity index (χ0n) is 9.82. The Hall–Kier alpha value is -2.26. The van der Waals surface area contributed by atoms with Crippen molar-refractivity contribution < 1.29 is 0 Å². The van der Waals surface area contributed by atoms with Crippen LogP contribution in [-0.4, -0.2) is 9.97 Å². The monoisotopic (exact) mass is 235 g/mol. The molecule has 0 aliphatic rings. The van der Waals surface area contributed by atoms with Crippen molar-refractivity contribution in [1.82, 2.24) is 9.97 Å². The summed E-state index contributed by atoms with van der Waals surface area (Å²) in [6, 6.07) is 13.7. The van der Waals surface area contributed by atoms with Gasteiger partial charge in [-0.15, -0.1) is 0 Å². The second-order valence-electron chi connectivity index (χ2n) is 4.18. The summed E-state index contributed by atoms with van der Waals surface area (Å²) in [5.74, 6) is 0. The zero-order valence-corrected chi connectivity index (χ0v) is 9.82. The minimum absolute atomic E-state index is 0.223. The third kappa shape index (κ3) is 1.85. The summed E-state index contributed by atoms with van der Waals surface area (Å²) in [6.45, 7) is 0. The van der Waals surface area contributed by atoms with Crippen LogP contribution in [0, 0.1) is 0 Å². The summed E-state index contributed by atoms with van der Waals surface area (Å²) < 4.78 is 0. The van der Waals surface area contributed by atoms with Gasteiger partial charge in [0, 0.05) is 24.0 Å². The minimum Gasteiger partial charge on any atom is -0.319 e. The van der Waals surface area contributed by atoms with Gasteiger partial charge in [0.15, 0.2) is 0 Å². The Kier molecular flexibility index (Phi) is 2.74. The van der Waals surface area contributed by atoms with Crippen LogP contribution in [0.4, 0.5) is 0 Å². The van der Waals surface area contributed by atoms with Gasteiger partial charge in [-0.3, -0.25) is 9.97 Å². The Morgan fingerprint density at radius 1 is 0.944 bits per heavy atom. The molecule has 0 saturated heterocycles. The van der Waals surface area contributed by atoms with Gasteiger partial charge in [-0.2, -0.15) is 0 Å². The number of rotatable bonds is 2. The van der Waals surface area contributed by atoms with Gasteiger partial charge in [-0.05, 0) is 29.1 Å². The van der Waals surface area contributed by atoms with Crippen LogP contribution in [0.5, 0.6) is 0 Å². The molecule has 2 N–H and O–H groups in total. The zero-order chi connectivity index (χ0) is 12.4. The van der Waals surface area contributed by atoms with Crippen molar-refractivity contribution in [2.24, 2.45) is 5.73 Å². The molecule has 0 fully saturated rings. The first-order valence-corrected chi connectivity index (χ1v) is 5.85. The second-order valence-corrected chi connectivity index (χ2v) is 4.18. The number of pyridine rings is 2. The predicted octanol–water partition coefficient (Wildman–Crippen LogP) is 2.68. The SMILES string of the molecule is NC(c1ccccn1)c1cccc2ccncc12. The maximum Gasteiger partial charge on any atom is 0.0732 e. The van der Waals surface area contributed by atoms with Crippen LogP contribution in [0.1, 0.15) is 17.3 Å². The average Bonchev–Trinajstić information content (AvgIpc) is 2.47. The summed E-state index contributed by atoms with van der Waals surface area (Å²) in [5, 5.41) is 2.23. The van der Waals surface area contributed by atoms with E-state index < -0.39 is 0 Å². The summed E-state index contributed by atoms with van der Waals surface area (Å²) >= 11 is 0. The van der Waals surface area contributed by atoms with E-state index in [1.54, 1.807) is 12.4 Å². The van der Waals surface area contributed by atoms with Crippen LogP contribution in [0.2, 0.25) is 0 Å². The van der Waals surface area contributed by atoms with Gasteiger partial charge in [-0.1, -0.05) is 24.3 Å².